The number of H-pyrrole nitrogens is 2. The van der Waals surface area contributed by atoms with Crippen LogP contribution in [0.1, 0.15) is 42.1 Å². The van der Waals surface area contributed by atoms with Crippen molar-refractivity contribution in [2.24, 2.45) is 10.9 Å². The van der Waals surface area contributed by atoms with E-state index >= 15 is 0 Å². The van der Waals surface area contributed by atoms with Gasteiger partial charge >= 0.3 is 0 Å². The molecule has 1 fully saturated rings. The van der Waals surface area contributed by atoms with Crippen LogP contribution < -0.4 is 0 Å². The minimum Gasteiger partial charge on any atom is -0.454 e. The molecule has 8 heteroatoms. The Morgan fingerprint density at radius 2 is 2.10 bits per heavy atom. The van der Waals surface area contributed by atoms with Crippen molar-refractivity contribution in [1.82, 2.24) is 20.2 Å². The predicted octanol–water partition coefficient (Wildman–Crippen LogP) is 4.93. The topological polar surface area (TPSA) is 99.9 Å². The lowest BCUT2D eigenvalue weighted by Gasteiger charge is -2.32. The highest BCUT2D eigenvalue weighted by Gasteiger charge is 2.42. The van der Waals surface area contributed by atoms with Gasteiger partial charge in [-0.15, -0.1) is 0 Å². The van der Waals surface area contributed by atoms with Gasteiger partial charge in [-0.25, -0.2) is 9.98 Å². The van der Waals surface area contributed by atoms with Crippen LogP contribution in [0.3, 0.4) is 0 Å². The number of carbonyl (C=O) groups is 1. The fraction of sp³-hybridized carbons (Fsp3) is 0.273. The quantitative estimate of drug-likeness (QED) is 0.492. The van der Waals surface area contributed by atoms with Gasteiger partial charge in [0.2, 0.25) is 0 Å². The lowest BCUT2D eigenvalue weighted by atomic mass is 9.72. The van der Waals surface area contributed by atoms with Crippen LogP contribution in [-0.4, -0.2) is 31.7 Å². The number of ketones is 1. The molecule has 1 aromatic carbocycles. The maximum absolute atomic E-state index is 12.8. The van der Waals surface area contributed by atoms with Gasteiger partial charge < -0.3 is 9.40 Å². The van der Waals surface area contributed by atoms with E-state index in [1.807, 2.05) is 18.2 Å². The number of imidazole rings is 1. The standard InChI is InChI=1S/C22H19N5O2S/c1-11-5-6-13-15(9-11)26-22(25-13)30-18-8-7-17(29-18)19-12-10-23-27-21(12)24-14-3-2-4-16(28)20(14)19/h5-10,19-20H,2-4H2,1H3,(H,23,27)(H,25,26). The fourth-order valence-corrected chi connectivity index (χ4v) is 5.26. The van der Waals surface area contributed by atoms with Crippen LogP contribution >= 0.6 is 11.8 Å². The molecule has 30 heavy (non-hydrogen) atoms. The minimum absolute atomic E-state index is 0.188. The molecular weight excluding hydrogens is 398 g/mol. The summed E-state index contributed by atoms with van der Waals surface area (Å²) in [5.74, 6) is 1.28. The predicted molar refractivity (Wildman–Crippen MR) is 114 cm³/mol. The molecule has 2 unspecified atom stereocenters. The van der Waals surface area contributed by atoms with Gasteiger partial charge in [0.25, 0.3) is 0 Å². The van der Waals surface area contributed by atoms with Crippen molar-refractivity contribution in [2.75, 3.05) is 0 Å². The number of nitrogens with zero attached hydrogens (tertiary/aromatic N) is 3. The first-order valence-corrected chi connectivity index (χ1v) is 10.8. The lowest BCUT2D eigenvalue weighted by molar-refractivity contribution is -0.122. The third-order valence-corrected chi connectivity index (χ3v) is 6.66. The molecule has 1 aliphatic heterocycles. The monoisotopic (exact) mass is 417 g/mol. The summed E-state index contributed by atoms with van der Waals surface area (Å²) in [6.07, 6.45) is 4.05. The molecule has 4 aromatic rings. The SMILES string of the molecule is Cc1ccc2nc(Sc3ccc(C4c5cn[nH]c5N=C5CCCC(=O)C54)o3)[nH]c2c1. The maximum atomic E-state index is 12.8. The second-order valence-electron chi connectivity index (χ2n) is 7.87. The van der Waals surface area contributed by atoms with Crippen molar-refractivity contribution < 1.29 is 9.21 Å². The molecular formula is C22H19N5O2S. The van der Waals surface area contributed by atoms with E-state index in [-0.39, 0.29) is 17.6 Å². The second-order valence-corrected chi connectivity index (χ2v) is 8.87. The van der Waals surface area contributed by atoms with E-state index in [0.717, 1.165) is 57.0 Å². The van der Waals surface area contributed by atoms with Gasteiger partial charge in [0.1, 0.15) is 11.5 Å². The first kappa shape index (κ1) is 17.7. The maximum Gasteiger partial charge on any atom is 0.174 e. The van der Waals surface area contributed by atoms with E-state index in [0.29, 0.717) is 6.42 Å². The van der Waals surface area contributed by atoms with Crippen LogP contribution in [-0.2, 0) is 4.79 Å². The van der Waals surface area contributed by atoms with Gasteiger partial charge in [0.15, 0.2) is 16.1 Å². The summed E-state index contributed by atoms with van der Waals surface area (Å²) in [6, 6.07) is 10.0. The molecule has 2 atom stereocenters. The molecule has 3 aromatic heterocycles. The summed E-state index contributed by atoms with van der Waals surface area (Å²) in [4.78, 5) is 25.4. The molecule has 150 valence electrons. The summed E-state index contributed by atoms with van der Waals surface area (Å²) in [5, 5.41) is 8.64. The second kappa shape index (κ2) is 6.70. The molecule has 0 radical (unpaired) electrons. The summed E-state index contributed by atoms with van der Waals surface area (Å²) < 4.78 is 6.22. The Morgan fingerprint density at radius 3 is 3.03 bits per heavy atom. The van der Waals surface area contributed by atoms with E-state index in [9.17, 15) is 4.79 Å². The molecule has 6 rings (SSSR count). The van der Waals surface area contributed by atoms with Crippen molar-refractivity contribution in [3.8, 4) is 0 Å². The molecule has 0 spiro atoms. The Balaban J connectivity index is 1.34. The lowest BCUT2D eigenvalue weighted by Crippen LogP contribution is -2.36. The molecule has 1 aliphatic carbocycles. The summed E-state index contributed by atoms with van der Waals surface area (Å²) in [5.41, 5.74) is 4.98. The zero-order chi connectivity index (χ0) is 20.2. The number of nitrogens with one attached hydrogen (secondary N) is 2. The van der Waals surface area contributed by atoms with Gasteiger partial charge in [-0.3, -0.25) is 9.89 Å². The van der Waals surface area contributed by atoms with Crippen LogP contribution in [0, 0.1) is 12.8 Å². The Bertz CT molecular complexity index is 1310. The van der Waals surface area contributed by atoms with Crippen molar-refractivity contribution in [2.45, 2.75) is 42.4 Å². The normalized spacial score (nSPS) is 20.8. The van der Waals surface area contributed by atoms with E-state index < -0.39 is 0 Å². The van der Waals surface area contributed by atoms with E-state index in [1.54, 1.807) is 6.20 Å². The number of benzene rings is 1. The van der Waals surface area contributed by atoms with Crippen LogP contribution in [0.25, 0.3) is 11.0 Å². The van der Waals surface area contributed by atoms with E-state index in [1.165, 1.54) is 17.3 Å². The molecule has 0 saturated heterocycles. The zero-order valence-corrected chi connectivity index (χ0v) is 17.1. The number of rotatable bonds is 3. The molecule has 0 bridgehead atoms. The van der Waals surface area contributed by atoms with Gasteiger partial charge in [-0.1, -0.05) is 6.07 Å². The van der Waals surface area contributed by atoms with Crippen molar-refractivity contribution in [3.63, 3.8) is 0 Å². The highest BCUT2D eigenvalue weighted by molar-refractivity contribution is 7.99. The Morgan fingerprint density at radius 1 is 1.17 bits per heavy atom. The van der Waals surface area contributed by atoms with Crippen molar-refractivity contribution in [1.29, 1.82) is 0 Å². The van der Waals surface area contributed by atoms with Crippen LogP contribution in [0.5, 0.6) is 0 Å². The fourth-order valence-electron chi connectivity index (χ4n) is 4.49. The average Bonchev–Trinajstić information content (AvgIpc) is 3.45. The third-order valence-electron chi connectivity index (χ3n) is 5.85. The first-order valence-electron chi connectivity index (χ1n) is 10.0. The summed E-state index contributed by atoms with van der Waals surface area (Å²) >= 11 is 1.45. The number of hydrogen-bond donors (Lipinski definition) is 2. The van der Waals surface area contributed by atoms with Crippen molar-refractivity contribution >= 4 is 40.1 Å². The average molecular weight is 417 g/mol. The number of carbonyl (C=O) groups excluding carboxylic acids is 1. The minimum atomic E-state index is -0.262. The first-order chi connectivity index (χ1) is 14.7. The number of Topliss-reactive ketones (excluding diaryl/α,β-unsaturated/α-hetero) is 1. The summed E-state index contributed by atoms with van der Waals surface area (Å²) in [6.45, 7) is 2.06. The van der Waals surface area contributed by atoms with E-state index in [4.69, 9.17) is 4.42 Å². The largest absolute Gasteiger partial charge is 0.454 e. The number of hydrogen-bond acceptors (Lipinski definition) is 6. The number of aliphatic imine (C=N–C) groups is 1. The Kier molecular flexibility index (Phi) is 3.95. The Labute approximate surface area is 176 Å². The molecule has 7 nitrogen and oxygen atoms in total. The molecule has 2 aliphatic rings. The number of aromatic nitrogens is 4. The Hall–Kier alpha value is -3.13. The van der Waals surface area contributed by atoms with Crippen LogP contribution in [0.2, 0.25) is 0 Å². The van der Waals surface area contributed by atoms with Crippen LogP contribution in [0.15, 0.2) is 56.2 Å². The summed E-state index contributed by atoms with van der Waals surface area (Å²) in [7, 11) is 0. The molecule has 2 N–H and O–H groups in total. The van der Waals surface area contributed by atoms with Crippen LogP contribution in [0.4, 0.5) is 5.82 Å². The highest BCUT2D eigenvalue weighted by atomic mass is 32.2. The molecule has 0 amide bonds. The van der Waals surface area contributed by atoms with Crippen molar-refractivity contribution in [3.05, 3.63) is 53.4 Å². The highest BCUT2D eigenvalue weighted by Crippen LogP contribution is 2.46. The number of fused-ring (bicyclic) bond motifs is 3. The van der Waals surface area contributed by atoms with Gasteiger partial charge in [0, 0.05) is 17.7 Å². The number of furan rings is 1. The van der Waals surface area contributed by atoms with E-state index in [2.05, 4.69) is 44.2 Å². The number of aryl methyl sites for hydroxylation is 1. The van der Waals surface area contributed by atoms with Gasteiger partial charge in [-0.05, 0) is 61.4 Å². The van der Waals surface area contributed by atoms with Gasteiger partial charge in [-0.2, -0.15) is 5.10 Å². The third kappa shape index (κ3) is 2.82. The molecule has 4 heterocycles. The zero-order valence-electron chi connectivity index (χ0n) is 16.3. The molecule has 1 saturated carbocycles. The van der Waals surface area contributed by atoms with Gasteiger partial charge in [0.05, 0.1) is 29.1 Å². The number of aromatic amines is 2. The smallest absolute Gasteiger partial charge is 0.174 e.